The number of phenolic OH excluding ortho intramolecular Hbond substituents is 2. The number of nitriles is 1. The molecule has 0 saturated carbocycles. The van der Waals surface area contributed by atoms with Crippen LogP contribution in [0.1, 0.15) is 34.5 Å². The van der Waals surface area contributed by atoms with Gasteiger partial charge in [-0.3, -0.25) is 4.79 Å². The molecule has 2 aromatic rings. The number of aromatic hydroxyl groups is 2. The number of carbonyl (C=O) groups is 1. The van der Waals surface area contributed by atoms with Crippen LogP contribution in [-0.2, 0) is 0 Å². The van der Waals surface area contributed by atoms with Crippen molar-refractivity contribution in [3.8, 4) is 17.6 Å². The van der Waals surface area contributed by atoms with Crippen molar-refractivity contribution in [2.75, 3.05) is 0 Å². The number of rotatable bonds is 3. The predicted molar refractivity (Wildman–Crippen MR) is 76.8 cm³/mol. The van der Waals surface area contributed by atoms with Gasteiger partial charge in [0.2, 0.25) is 0 Å². The van der Waals surface area contributed by atoms with E-state index >= 15 is 0 Å². The van der Waals surface area contributed by atoms with Crippen molar-refractivity contribution in [1.29, 1.82) is 5.26 Å². The van der Waals surface area contributed by atoms with Gasteiger partial charge < -0.3 is 15.5 Å². The molecule has 0 aliphatic heterocycles. The zero-order valence-electron chi connectivity index (χ0n) is 11.4. The Bertz CT molecular complexity index is 720. The van der Waals surface area contributed by atoms with Gasteiger partial charge >= 0.3 is 0 Å². The predicted octanol–water partition coefficient (Wildman–Crippen LogP) is 2.46. The number of carbonyl (C=O) groups excluding carboxylic acids is 1. The van der Waals surface area contributed by atoms with Crippen LogP contribution in [0.2, 0.25) is 0 Å². The molecule has 2 rings (SSSR count). The minimum absolute atomic E-state index is 0.244. The lowest BCUT2D eigenvalue weighted by Gasteiger charge is -2.15. The Hall–Kier alpha value is -3.00. The van der Waals surface area contributed by atoms with E-state index in [0.717, 1.165) is 5.56 Å². The average Bonchev–Trinajstić information content (AvgIpc) is 2.49. The summed E-state index contributed by atoms with van der Waals surface area (Å²) in [6.07, 6.45) is 0. The fraction of sp³-hybridized carbons (Fsp3) is 0.125. The Kier molecular flexibility index (Phi) is 4.10. The van der Waals surface area contributed by atoms with E-state index in [0.29, 0.717) is 5.56 Å². The van der Waals surface area contributed by atoms with Crippen molar-refractivity contribution in [1.82, 2.24) is 5.32 Å². The van der Waals surface area contributed by atoms with E-state index in [9.17, 15) is 15.0 Å². The van der Waals surface area contributed by atoms with Crippen molar-refractivity contribution in [3.63, 3.8) is 0 Å². The largest absolute Gasteiger partial charge is 0.504 e. The number of nitrogens with zero attached hydrogens (tertiary/aromatic N) is 1. The van der Waals surface area contributed by atoms with Crippen molar-refractivity contribution in [2.45, 2.75) is 13.0 Å². The first-order valence-corrected chi connectivity index (χ1v) is 6.34. The third kappa shape index (κ3) is 3.31. The van der Waals surface area contributed by atoms with Crippen LogP contribution in [0.5, 0.6) is 11.5 Å². The molecule has 0 saturated heterocycles. The summed E-state index contributed by atoms with van der Waals surface area (Å²) in [5.41, 5.74) is 1.58. The molecule has 0 bridgehead atoms. The zero-order chi connectivity index (χ0) is 15.4. The molecule has 5 heteroatoms. The Balaban J connectivity index is 2.14. The Morgan fingerprint density at radius 2 is 1.95 bits per heavy atom. The summed E-state index contributed by atoms with van der Waals surface area (Å²) in [4.78, 5) is 12.1. The molecule has 1 atom stereocenters. The zero-order valence-corrected chi connectivity index (χ0v) is 11.4. The summed E-state index contributed by atoms with van der Waals surface area (Å²) in [7, 11) is 0. The Morgan fingerprint density at radius 1 is 1.19 bits per heavy atom. The van der Waals surface area contributed by atoms with E-state index in [1.807, 2.05) is 12.1 Å². The highest BCUT2D eigenvalue weighted by atomic mass is 16.3. The summed E-state index contributed by atoms with van der Waals surface area (Å²) < 4.78 is 0. The second-order valence-electron chi connectivity index (χ2n) is 4.64. The minimum atomic E-state index is -0.375. The molecule has 0 heterocycles. The van der Waals surface area contributed by atoms with Gasteiger partial charge in [-0.1, -0.05) is 12.1 Å². The molecule has 1 amide bonds. The molecule has 0 aromatic heterocycles. The van der Waals surface area contributed by atoms with E-state index in [1.165, 1.54) is 18.2 Å². The standard InChI is InChI=1S/C16H14N2O3/c1-10(12-4-2-3-11(7-12)9-17)18-16(21)13-5-6-14(19)15(20)8-13/h2-8,10,19-20H,1H3,(H,18,21)/t10-/m1/s1. The number of hydrogen-bond acceptors (Lipinski definition) is 4. The number of nitrogens with one attached hydrogen (secondary N) is 1. The van der Waals surface area contributed by atoms with Gasteiger partial charge in [-0.25, -0.2) is 0 Å². The van der Waals surface area contributed by atoms with Crippen LogP contribution in [0, 0.1) is 11.3 Å². The van der Waals surface area contributed by atoms with E-state index in [2.05, 4.69) is 5.32 Å². The number of amides is 1. The first kappa shape index (κ1) is 14.4. The quantitative estimate of drug-likeness (QED) is 0.754. The summed E-state index contributed by atoms with van der Waals surface area (Å²) in [5.74, 6) is -0.997. The smallest absolute Gasteiger partial charge is 0.251 e. The van der Waals surface area contributed by atoms with Crippen LogP contribution in [0.4, 0.5) is 0 Å². The lowest BCUT2D eigenvalue weighted by molar-refractivity contribution is 0.0939. The fourth-order valence-corrected chi connectivity index (χ4v) is 1.91. The van der Waals surface area contributed by atoms with E-state index in [1.54, 1.807) is 25.1 Å². The van der Waals surface area contributed by atoms with Crippen molar-refractivity contribution in [2.24, 2.45) is 0 Å². The van der Waals surface area contributed by atoms with Crippen LogP contribution < -0.4 is 5.32 Å². The van der Waals surface area contributed by atoms with Crippen LogP contribution in [0.3, 0.4) is 0 Å². The molecule has 0 aliphatic rings. The van der Waals surface area contributed by atoms with Crippen molar-refractivity contribution in [3.05, 3.63) is 59.2 Å². The molecule has 2 aromatic carbocycles. The Morgan fingerprint density at radius 3 is 2.62 bits per heavy atom. The van der Waals surface area contributed by atoms with Crippen LogP contribution in [0.15, 0.2) is 42.5 Å². The minimum Gasteiger partial charge on any atom is -0.504 e. The van der Waals surface area contributed by atoms with Crippen LogP contribution in [0.25, 0.3) is 0 Å². The van der Waals surface area contributed by atoms with E-state index in [-0.39, 0.29) is 29.0 Å². The highest BCUT2D eigenvalue weighted by molar-refractivity contribution is 5.95. The SMILES string of the molecule is C[C@@H](NC(=O)c1ccc(O)c(O)c1)c1cccc(C#N)c1. The molecule has 5 nitrogen and oxygen atoms in total. The van der Waals surface area contributed by atoms with Gasteiger partial charge in [0.15, 0.2) is 11.5 Å². The van der Waals surface area contributed by atoms with E-state index in [4.69, 9.17) is 5.26 Å². The molecular weight excluding hydrogens is 268 g/mol. The first-order chi connectivity index (χ1) is 10.0. The average molecular weight is 282 g/mol. The van der Waals surface area contributed by atoms with Gasteiger partial charge in [0.25, 0.3) is 5.91 Å². The molecule has 3 N–H and O–H groups in total. The molecule has 106 valence electrons. The second kappa shape index (κ2) is 5.97. The second-order valence-corrected chi connectivity index (χ2v) is 4.64. The Labute approximate surface area is 122 Å². The summed E-state index contributed by atoms with van der Waals surface area (Å²) in [6.45, 7) is 1.80. The van der Waals surface area contributed by atoms with Crippen molar-refractivity contribution >= 4 is 5.91 Å². The van der Waals surface area contributed by atoms with Crippen LogP contribution in [-0.4, -0.2) is 16.1 Å². The molecule has 21 heavy (non-hydrogen) atoms. The normalized spacial score (nSPS) is 11.4. The monoisotopic (exact) mass is 282 g/mol. The number of hydrogen-bond donors (Lipinski definition) is 3. The third-order valence-electron chi connectivity index (χ3n) is 3.10. The molecule has 0 unspecified atom stereocenters. The van der Waals surface area contributed by atoms with Gasteiger partial charge in [-0.2, -0.15) is 5.26 Å². The third-order valence-corrected chi connectivity index (χ3v) is 3.10. The maximum atomic E-state index is 12.1. The summed E-state index contributed by atoms with van der Waals surface area (Å²) in [6, 6.07) is 12.6. The molecule has 0 radical (unpaired) electrons. The van der Waals surface area contributed by atoms with Gasteiger partial charge in [0, 0.05) is 5.56 Å². The molecular formula is C16H14N2O3. The number of phenols is 2. The maximum Gasteiger partial charge on any atom is 0.251 e. The lowest BCUT2D eigenvalue weighted by Crippen LogP contribution is -2.26. The van der Waals surface area contributed by atoms with Gasteiger partial charge in [-0.05, 0) is 42.8 Å². The fourth-order valence-electron chi connectivity index (χ4n) is 1.91. The molecule has 0 spiro atoms. The van der Waals surface area contributed by atoms with Gasteiger partial charge in [-0.15, -0.1) is 0 Å². The highest BCUT2D eigenvalue weighted by Crippen LogP contribution is 2.25. The summed E-state index contributed by atoms with van der Waals surface area (Å²) >= 11 is 0. The number of benzene rings is 2. The van der Waals surface area contributed by atoms with Gasteiger partial charge in [0.1, 0.15) is 0 Å². The molecule has 0 aliphatic carbocycles. The first-order valence-electron chi connectivity index (χ1n) is 6.34. The van der Waals surface area contributed by atoms with Gasteiger partial charge in [0.05, 0.1) is 17.7 Å². The highest BCUT2D eigenvalue weighted by Gasteiger charge is 2.13. The topological polar surface area (TPSA) is 93.3 Å². The molecule has 0 fully saturated rings. The van der Waals surface area contributed by atoms with Crippen molar-refractivity contribution < 1.29 is 15.0 Å². The van der Waals surface area contributed by atoms with E-state index < -0.39 is 0 Å². The van der Waals surface area contributed by atoms with Crippen LogP contribution >= 0.6 is 0 Å². The summed E-state index contributed by atoms with van der Waals surface area (Å²) in [5, 5.41) is 30.3. The lowest BCUT2D eigenvalue weighted by atomic mass is 10.1. The maximum absolute atomic E-state index is 12.1.